The van der Waals surface area contributed by atoms with Gasteiger partial charge < -0.3 is 10.1 Å². The summed E-state index contributed by atoms with van der Waals surface area (Å²) in [5.41, 5.74) is 0.876. The van der Waals surface area contributed by atoms with Crippen LogP contribution in [0.25, 0.3) is 0 Å². The lowest BCUT2D eigenvalue weighted by molar-refractivity contribution is -0.385. The molecule has 0 bridgehead atoms. The monoisotopic (exact) mass is 280 g/mol. The van der Waals surface area contributed by atoms with Crippen LogP contribution < -0.4 is 10.1 Å². The smallest absolute Gasteiger partial charge is 0.272 e. The van der Waals surface area contributed by atoms with Crippen molar-refractivity contribution >= 4 is 5.69 Å². The average Bonchev–Trinajstić information content (AvgIpc) is 2.36. The summed E-state index contributed by atoms with van der Waals surface area (Å²) in [4.78, 5) is 10.8. The molecule has 0 aliphatic carbocycles. The van der Waals surface area contributed by atoms with Gasteiger partial charge in [-0.3, -0.25) is 10.1 Å². The molecule has 0 fully saturated rings. The van der Waals surface area contributed by atoms with Crippen molar-refractivity contribution in [1.29, 1.82) is 0 Å². The molecule has 1 atom stereocenters. The van der Waals surface area contributed by atoms with Crippen LogP contribution in [0.15, 0.2) is 18.2 Å². The first kappa shape index (κ1) is 16.4. The van der Waals surface area contributed by atoms with E-state index in [2.05, 4.69) is 26.1 Å². The quantitative estimate of drug-likeness (QED) is 0.642. The third-order valence-electron chi connectivity index (χ3n) is 3.40. The Bertz CT molecular complexity index is 467. The first-order valence-electron chi connectivity index (χ1n) is 6.84. The van der Waals surface area contributed by atoms with Crippen LogP contribution in [0.1, 0.15) is 33.3 Å². The maximum Gasteiger partial charge on any atom is 0.272 e. The molecule has 1 rings (SSSR count). The molecular weight excluding hydrogens is 256 g/mol. The predicted molar refractivity (Wildman–Crippen MR) is 80.3 cm³/mol. The molecule has 0 saturated carbocycles. The van der Waals surface area contributed by atoms with Gasteiger partial charge >= 0.3 is 0 Å². The molecule has 0 aliphatic heterocycles. The van der Waals surface area contributed by atoms with E-state index in [0.29, 0.717) is 17.7 Å². The van der Waals surface area contributed by atoms with Crippen molar-refractivity contribution in [1.82, 2.24) is 5.32 Å². The normalized spacial score (nSPS) is 13.1. The van der Waals surface area contributed by atoms with E-state index in [1.807, 2.05) is 6.92 Å². The van der Waals surface area contributed by atoms with Crippen LogP contribution in [0.3, 0.4) is 0 Å². The first-order chi connectivity index (χ1) is 9.29. The standard InChI is InChI=1S/C15H24N2O3/c1-6-16-14(15(2,3)4)10-11-9-12(20-5)7-8-13(11)17(18)19/h7-9,14,16H,6,10H2,1-5H3. The van der Waals surface area contributed by atoms with E-state index in [0.717, 1.165) is 6.54 Å². The van der Waals surface area contributed by atoms with Crippen LogP contribution >= 0.6 is 0 Å². The number of ether oxygens (including phenoxy) is 1. The van der Waals surface area contributed by atoms with Crippen molar-refractivity contribution in [2.24, 2.45) is 5.41 Å². The number of likely N-dealkylation sites (N-methyl/N-ethyl adjacent to an activating group) is 1. The Morgan fingerprint density at radius 3 is 2.50 bits per heavy atom. The second kappa shape index (κ2) is 6.70. The Balaban J connectivity index is 3.12. The Hall–Kier alpha value is -1.62. The lowest BCUT2D eigenvalue weighted by Crippen LogP contribution is -2.42. The largest absolute Gasteiger partial charge is 0.497 e. The second-order valence-electron chi connectivity index (χ2n) is 5.93. The molecule has 0 saturated heterocycles. The summed E-state index contributed by atoms with van der Waals surface area (Å²) in [6.07, 6.45) is 0.602. The topological polar surface area (TPSA) is 64.4 Å². The van der Waals surface area contributed by atoms with Gasteiger partial charge in [0.25, 0.3) is 5.69 Å². The molecule has 112 valence electrons. The zero-order chi connectivity index (χ0) is 15.3. The molecule has 20 heavy (non-hydrogen) atoms. The number of nitrogens with one attached hydrogen (secondary N) is 1. The molecular formula is C15H24N2O3. The van der Waals surface area contributed by atoms with Gasteiger partial charge in [-0.2, -0.15) is 0 Å². The number of nitro benzene ring substituents is 1. The number of benzene rings is 1. The Labute approximate surface area is 120 Å². The summed E-state index contributed by atoms with van der Waals surface area (Å²) in [7, 11) is 1.57. The van der Waals surface area contributed by atoms with Crippen LogP contribution in [-0.4, -0.2) is 24.6 Å². The van der Waals surface area contributed by atoms with Crippen molar-refractivity contribution in [3.8, 4) is 5.75 Å². The Morgan fingerprint density at radius 1 is 1.40 bits per heavy atom. The number of hydrogen-bond donors (Lipinski definition) is 1. The van der Waals surface area contributed by atoms with Gasteiger partial charge in [0.15, 0.2) is 0 Å². The van der Waals surface area contributed by atoms with Crippen molar-refractivity contribution in [2.75, 3.05) is 13.7 Å². The van der Waals surface area contributed by atoms with E-state index in [1.165, 1.54) is 6.07 Å². The summed E-state index contributed by atoms with van der Waals surface area (Å²) in [6.45, 7) is 9.27. The molecule has 0 aromatic heterocycles. The van der Waals surface area contributed by atoms with Crippen molar-refractivity contribution < 1.29 is 9.66 Å². The molecule has 1 aromatic rings. The fourth-order valence-corrected chi connectivity index (χ4v) is 2.18. The van der Waals surface area contributed by atoms with E-state index in [4.69, 9.17) is 4.74 Å². The summed E-state index contributed by atoms with van der Waals surface area (Å²) in [5.74, 6) is 0.648. The van der Waals surface area contributed by atoms with Gasteiger partial charge in [0, 0.05) is 17.7 Å². The summed E-state index contributed by atoms with van der Waals surface area (Å²) >= 11 is 0. The number of nitrogens with zero attached hydrogens (tertiary/aromatic N) is 1. The Kier molecular flexibility index (Phi) is 5.51. The first-order valence-corrected chi connectivity index (χ1v) is 6.84. The van der Waals surface area contributed by atoms with Crippen LogP contribution in [0, 0.1) is 15.5 Å². The van der Waals surface area contributed by atoms with Gasteiger partial charge in [-0.1, -0.05) is 27.7 Å². The van der Waals surface area contributed by atoms with Crippen molar-refractivity contribution in [3.63, 3.8) is 0 Å². The van der Waals surface area contributed by atoms with Gasteiger partial charge in [-0.05, 0) is 30.5 Å². The highest BCUT2D eigenvalue weighted by atomic mass is 16.6. The highest BCUT2D eigenvalue weighted by Gasteiger charge is 2.27. The minimum absolute atomic E-state index is 0.0208. The Morgan fingerprint density at radius 2 is 2.05 bits per heavy atom. The fourth-order valence-electron chi connectivity index (χ4n) is 2.18. The van der Waals surface area contributed by atoms with Crippen LogP contribution in [0.2, 0.25) is 0 Å². The molecule has 0 aliphatic rings. The zero-order valence-corrected chi connectivity index (χ0v) is 12.9. The van der Waals surface area contributed by atoms with Gasteiger partial charge in [-0.15, -0.1) is 0 Å². The summed E-state index contributed by atoms with van der Waals surface area (Å²) < 4.78 is 5.17. The third kappa shape index (κ3) is 4.20. The number of methoxy groups -OCH3 is 1. The van der Waals surface area contributed by atoms with Gasteiger partial charge in [0.1, 0.15) is 5.75 Å². The van der Waals surface area contributed by atoms with E-state index < -0.39 is 0 Å². The van der Waals surface area contributed by atoms with E-state index in [9.17, 15) is 10.1 Å². The van der Waals surface area contributed by atoms with Crippen LogP contribution in [0.4, 0.5) is 5.69 Å². The highest BCUT2D eigenvalue weighted by molar-refractivity contribution is 5.45. The lowest BCUT2D eigenvalue weighted by atomic mass is 9.82. The summed E-state index contributed by atoms with van der Waals surface area (Å²) in [5, 5.41) is 14.6. The number of nitro groups is 1. The molecule has 0 heterocycles. The van der Waals surface area contributed by atoms with Crippen LogP contribution in [0.5, 0.6) is 5.75 Å². The average molecular weight is 280 g/mol. The predicted octanol–water partition coefficient (Wildman–Crippen LogP) is 3.17. The van der Waals surface area contributed by atoms with E-state index >= 15 is 0 Å². The molecule has 5 nitrogen and oxygen atoms in total. The number of rotatable bonds is 6. The van der Waals surface area contributed by atoms with E-state index in [1.54, 1.807) is 19.2 Å². The molecule has 5 heteroatoms. The highest BCUT2D eigenvalue weighted by Crippen LogP contribution is 2.29. The maximum absolute atomic E-state index is 11.2. The van der Waals surface area contributed by atoms with E-state index in [-0.39, 0.29) is 22.1 Å². The third-order valence-corrected chi connectivity index (χ3v) is 3.40. The minimum atomic E-state index is -0.333. The zero-order valence-electron chi connectivity index (χ0n) is 12.9. The van der Waals surface area contributed by atoms with Crippen LogP contribution in [-0.2, 0) is 6.42 Å². The molecule has 1 N–H and O–H groups in total. The van der Waals surface area contributed by atoms with Gasteiger partial charge in [-0.25, -0.2) is 0 Å². The molecule has 1 aromatic carbocycles. The van der Waals surface area contributed by atoms with Gasteiger partial charge in [0.05, 0.1) is 12.0 Å². The van der Waals surface area contributed by atoms with Crippen molar-refractivity contribution in [3.05, 3.63) is 33.9 Å². The molecule has 0 amide bonds. The lowest BCUT2D eigenvalue weighted by Gasteiger charge is -2.31. The van der Waals surface area contributed by atoms with Gasteiger partial charge in [0.2, 0.25) is 0 Å². The minimum Gasteiger partial charge on any atom is -0.497 e. The number of hydrogen-bond acceptors (Lipinski definition) is 4. The summed E-state index contributed by atoms with van der Waals surface area (Å²) in [6, 6.07) is 5.06. The second-order valence-corrected chi connectivity index (χ2v) is 5.93. The molecule has 0 spiro atoms. The maximum atomic E-state index is 11.2. The molecule has 0 radical (unpaired) electrons. The SMILES string of the molecule is CCNC(Cc1cc(OC)ccc1[N+](=O)[O-])C(C)(C)C. The fraction of sp³-hybridized carbons (Fsp3) is 0.600. The molecule has 1 unspecified atom stereocenters. The van der Waals surface area contributed by atoms with Crippen molar-refractivity contribution in [2.45, 2.75) is 40.2 Å².